The fraction of sp³-hybridized carbons (Fsp3) is 0.385. The number of rotatable bonds is 9. The van der Waals surface area contributed by atoms with Gasteiger partial charge in [-0.15, -0.1) is 0 Å². The lowest BCUT2D eigenvalue weighted by atomic mass is 10.0. The normalized spacial score (nSPS) is 12.6. The van der Waals surface area contributed by atoms with Crippen molar-refractivity contribution >= 4 is 12.1 Å². The zero-order valence-corrected chi connectivity index (χ0v) is 19.5. The average molecular weight is 440 g/mol. The van der Waals surface area contributed by atoms with E-state index in [1.165, 1.54) is 0 Å². The molecule has 0 saturated carbocycles. The smallest absolute Gasteiger partial charge is 0.408 e. The van der Waals surface area contributed by atoms with Crippen LogP contribution in [0.3, 0.4) is 0 Å². The van der Waals surface area contributed by atoms with Crippen molar-refractivity contribution in [2.45, 2.75) is 59.3 Å². The van der Waals surface area contributed by atoms with Gasteiger partial charge in [0, 0.05) is 5.57 Å². The number of carbonyl (C=O) groups excluding carboxylic acids is 2. The van der Waals surface area contributed by atoms with Gasteiger partial charge in [-0.05, 0) is 64.3 Å². The summed E-state index contributed by atoms with van der Waals surface area (Å²) in [5.74, 6) is 0.348. The molecule has 6 heteroatoms. The van der Waals surface area contributed by atoms with E-state index in [1.807, 2.05) is 54.6 Å². The Morgan fingerprint density at radius 1 is 1.00 bits per heavy atom. The maximum absolute atomic E-state index is 12.3. The van der Waals surface area contributed by atoms with Crippen LogP contribution in [0.1, 0.15) is 45.7 Å². The van der Waals surface area contributed by atoms with Crippen LogP contribution in [0.5, 0.6) is 5.75 Å². The summed E-state index contributed by atoms with van der Waals surface area (Å²) in [6, 6.07) is 17.2. The second-order valence-electron chi connectivity index (χ2n) is 8.45. The molecule has 0 saturated heterocycles. The van der Waals surface area contributed by atoms with Crippen LogP contribution in [0.2, 0.25) is 0 Å². The average Bonchev–Trinajstić information content (AvgIpc) is 2.72. The van der Waals surface area contributed by atoms with Gasteiger partial charge in [0.2, 0.25) is 0 Å². The Kier molecular flexibility index (Phi) is 9.32. The van der Waals surface area contributed by atoms with Crippen molar-refractivity contribution in [3.05, 3.63) is 77.4 Å². The van der Waals surface area contributed by atoms with E-state index >= 15 is 0 Å². The van der Waals surface area contributed by atoms with Gasteiger partial charge in [-0.2, -0.15) is 0 Å². The summed E-state index contributed by atoms with van der Waals surface area (Å²) in [6.07, 6.45) is 1.63. The quantitative estimate of drug-likeness (QED) is 0.429. The van der Waals surface area contributed by atoms with Crippen LogP contribution in [0.25, 0.3) is 0 Å². The first kappa shape index (κ1) is 25.0. The van der Waals surface area contributed by atoms with E-state index in [0.29, 0.717) is 25.2 Å². The van der Waals surface area contributed by atoms with Gasteiger partial charge in [0.25, 0.3) is 0 Å². The number of nitrogens with one attached hydrogen (secondary N) is 1. The number of ether oxygens (including phenoxy) is 3. The van der Waals surface area contributed by atoms with Crippen molar-refractivity contribution in [3.63, 3.8) is 0 Å². The van der Waals surface area contributed by atoms with Crippen molar-refractivity contribution in [2.24, 2.45) is 0 Å². The Bertz CT molecular complexity index is 898. The first-order chi connectivity index (χ1) is 15.2. The van der Waals surface area contributed by atoms with Gasteiger partial charge in [0.15, 0.2) is 0 Å². The van der Waals surface area contributed by atoms with Gasteiger partial charge in [0.05, 0.1) is 12.6 Å². The first-order valence-corrected chi connectivity index (χ1v) is 10.8. The van der Waals surface area contributed by atoms with E-state index in [1.54, 1.807) is 40.7 Å². The molecule has 172 valence electrons. The SMILES string of the molecule is CCOC(=O)/C(C)=C\[C@H](Cc1ccc(OCc2ccccc2)cc1)NC(=O)OC(C)(C)C. The van der Waals surface area contributed by atoms with Gasteiger partial charge in [-0.3, -0.25) is 0 Å². The van der Waals surface area contributed by atoms with Gasteiger partial charge in [-0.25, -0.2) is 9.59 Å². The predicted octanol–water partition coefficient (Wildman–Crippen LogP) is 5.21. The minimum atomic E-state index is -0.619. The number of amides is 1. The fourth-order valence-electron chi connectivity index (χ4n) is 2.94. The second-order valence-corrected chi connectivity index (χ2v) is 8.45. The molecule has 32 heavy (non-hydrogen) atoms. The summed E-state index contributed by atoms with van der Waals surface area (Å²) >= 11 is 0. The van der Waals surface area contributed by atoms with Crippen LogP contribution in [-0.2, 0) is 27.3 Å². The lowest BCUT2D eigenvalue weighted by Gasteiger charge is -2.23. The Balaban J connectivity index is 2.07. The molecule has 2 rings (SSSR count). The Morgan fingerprint density at radius 3 is 2.25 bits per heavy atom. The molecule has 0 fully saturated rings. The fourth-order valence-corrected chi connectivity index (χ4v) is 2.94. The minimum Gasteiger partial charge on any atom is -0.489 e. The highest BCUT2D eigenvalue weighted by molar-refractivity contribution is 5.88. The number of alkyl carbamates (subject to hydrolysis) is 1. The molecule has 0 bridgehead atoms. The summed E-state index contributed by atoms with van der Waals surface area (Å²) in [5, 5.41) is 2.83. The van der Waals surface area contributed by atoms with E-state index in [4.69, 9.17) is 14.2 Å². The van der Waals surface area contributed by atoms with Crippen molar-refractivity contribution in [1.29, 1.82) is 0 Å². The van der Waals surface area contributed by atoms with Crippen LogP contribution < -0.4 is 10.1 Å². The lowest BCUT2D eigenvalue weighted by Crippen LogP contribution is -2.39. The van der Waals surface area contributed by atoms with E-state index in [2.05, 4.69) is 5.32 Å². The summed E-state index contributed by atoms with van der Waals surface area (Å²) < 4.78 is 16.3. The third-order valence-electron chi connectivity index (χ3n) is 4.38. The molecule has 1 amide bonds. The molecule has 0 spiro atoms. The van der Waals surface area contributed by atoms with Gasteiger partial charge >= 0.3 is 12.1 Å². The number of hydrogen-bond donors (Lipinski definition) is 1. The summed E-state index contributed by atoms with van der Waals surface area (Å²) in [7, 11) is 0. The standard InChI is InChI=1S/C26H33NO5/c1-6-30-24(28)19(2)16-22(27-25(29)32-26(3,4)5)17-20-12-14-23(15-13-20)31-18-21-10-8-7-9-11-21/h7-16,22H,6,17-18H2,1-5H3,(H,27,29)/b19-16-/t22-/m1/s1. The maximum atomic E-state index is 12.3. The highest BCUT2D eigenvalue weighted by atomic mass is 16.6. The molecule has 1 N–H and O–H groups in total. The monoisotopic (exact) mass is 439 g/mol. The van der Waals surface area contributed by atoms with Crippen molar-refractivity contribution in [3.8, 4) is 5.75 Å². The molecule has 0 aliphatic rings. The van der Waals surface area contributed by atoms with Crippen LogP contribution in [-0.4, -0.2) is 30.3 Å². The molecular weight excluding hydrogens is 406 g/mol. The van der Waals surface area contributed by atoms with Crippen LogP contribution in [0, 0.1) is 0 Å². The molecule has 1 atom stereocenters. The molecule has 0 aliphatic carbocycles. The first-order valence-electron chi connectivity index (χ1n) is 10.8. The molecule has 0 heterocycles. The number of carbonyl (C=O) groups is 2. The molecular formula is C26H33NO5. The molecule has 0 aliphatic heterocycles. The highest BCUT2D eigenvalue weighted by Gasteiger charge is 2.20. The minimum absolute atomic E-state index is 0.290. The van der Waals surface area contributed by atoms with Gasteiger partial charge in [-0.1, -0.05) is 48.5 Å². The highest BCUT2D eigenvalue weighted by Crippen LogP contribution is 2.17. The Morgan fingerprint density at radius 2 is 1.66 bits per heavy atom. The zero-order chi connectivity index (χ0) is 23.6. The van der Waals surface area contributed by atoms with E-state index < -0.39 is 23.7 Å². The van der Waals surface area contributed by atoms with Gasteiger partial charge < -0.3 is 19.5 Å². The number of hydrogen-bond acceptors (Lipinski definition) is 5. The second kappa shape index (κ2) is 11.9. The third kappa shape index (κ3) is 9.25. The largest absolute Gasteiger partial charge is 0.489 e. The van der Waals surface area contributed by atoms with Crippen LogP contribution in [0.15, 0.2) is 66.2 Å². The number of benzene rings is 2. The molecule has 2 aromatic carbocycles. The van der Waals surface area contributed by atoms with E-state index in [9.17, 15) is 9.59 Å². The van der Waals surface area contributed by atoms with E-state index in [0.717, 1.165) is 16.9 Å². The molecule has 6 nitrogen and oxygen atoms in total. The summed E-state index contributed by atoms with van der Waals surface area (Å²) in [6.45, 7) is 9.61. The van der Waals surface area contributed by atoms with Gasteiger partial charge in [0.1, 0.15) is 18.0 Å². The Labute approximate surface area is 190 Å². The Hall–Kier alpha value is -3.28. The van der Waals surface area contributed by atoms with Crippen molar-refractivity contribution in [2.75, 3.05) is 6.61 Å². The topological polar surface area (TPSA) is 73.9 Å². The van der Waals surface area contributed by atoms with Crippen LogP contribution >= 0.6 is 0 Å². The van der Waals surface area contributed by atoms with Crippen molar-refractivity contribution < 1.29 is 23.8 Å². The van der Waals surface area contributed by atoms with Crippen LogP contribution in [0.4, 0.5) is 4.79 Å². The van der Waals surface area contributed by atoms with E-state index in [-0.39, 0.29) is 0 Å². The molecule has 2 aromatic rings. The maximum Gasteiger partial charge on any atom is 0.408 e. The molecule has 0 radical (unpaired) electrons. The lowest BCUT2D eigenvalue weighted by molar-refractivity contribution is -0.138. The van der Waals surface area contributed by atoms with Crippen molar-refractivity contribution in [1.82, 2.24) is 5.32 Å². The third-order valence-corrected chi connectivity index (χ3v) is 4.38. The predicted molar refractivity (Wildman–Crippen MR) is 124 cm³/mol. The summed E-state index contributed by atoms with van der Waals surface area (Å²) in [5.41, 5.74) is 1.88. The summed E-state index contributed by atoms with van der Waals surface area (Å²) in [4.78, 5) is 24.3. The molecule has 0 aromatic heterocycles. The molecule has 0 unspecified atom stereocenters. The number of esters is 1. The zero-order valence-electron chi connectivity index (χ0n) is 19.5.